The number of nitrogens with zero attached hydrogens (tertiary/aromatic N) is 1. The number of amides is 1. The van der Waals surface area contributed by atoms with Gasteiger partial charge in [-0.25, -0.2) is 4.57 Å². The smallest absolute Gasteiger partial charge is 0.387 e. The van der Waals surface area contributed by atoms with E-state index in [0.717, 1.165) is 135 Å². The van der Waals surface area contributed by atoms with E-state index in [1.807, 2.05) is 27.2 Å². The highest BCUT2D eigenvalue weighted by Crippen LogP contribution is 2.43. The number of carbonyl (C=O) groups is 1. The number of phosphoric acid groups is 1. The van der Waals surface area contributed by atoms with Crippen LogP contribution in [0.4, 0.5) is 0 Å². The van der Waals surface area contributed by atoms with Crippen LogP contribution in [-0.4, -0.2) is 73.4 Å². The number of nitrogens with one attached hydrogen (secondary N) is 1. The fourth-order valence-corrected chi connectivity index (χ4v) is 9.56. The second kappa shape index (κ2) is 65.1. The van der Waals surface area contributed by atoms with Crippen LogP contribution in [0.25, 0.3) is 0 Å². The molecule has 0 aliphatic rings. The van der Waals surface area contributed by atoms with Crippen LogP contribution >= 0.6 is 7.82 Å². The quantitative estimate of drug-likeness (QED) is 0.0243. The van der Waals surface area contributed by atoms with Crippen LogP contribution in [0, 0.1) is 0 Å². The molecule has 0 aromatic carbocycles. The van der Waals surface area contributed by atoms with E-state index in [2.05, 4.69) is 189 Å². The zero-order valence-electron chi connectivity index (χ0n) is 55.5. The number of likely N-dealkylation sites (N-methyl/N-ethyl adjacent to an activating group) is 1. The number of carbonyl (C=O) groups excluding carboxylic acids is 1. The van der Waals surface area contributed by atoms with E-state index in [9.17, 15) is 19.4 Å². The molecule has 0 radical (unpaired) electrons. The van der Waals surface area contributed by atoms with E-state index >= 15 is 0 Å². The van der Waals surface area contributed by atoms with E-state index in [1.165, 1.54) is 89.9 Å². The number of allylic oxidation sites excluding steroid dienone is 29. The Bertz CT molecular complexity index is 2060. The normalized spacial score (nSPS) is 14.8. The third-order valence-corrected chi connectivity index (χ3v) is 15.1. The average molecular weight is 1210 g/mol. The van der Waals surface area contributed by atoms with Gasteiger partial charge in [0.1, 0.15) is 13.2 Å². The molecule has 0 fully saturated rings. The van der Waals surface area contributed by atoms with Gasteiger partial charge in [0, 0.05) is 6.42 Å². The summed E-state index contributed by atoms with van der Waals surface area (Å²) in [6, 6.07) is -0.899. The van der Waals surface area contributed by atoms with Gasteiger partial charge in [-0.2, -0.15) is 0 Å². The molecule has 3 atom stereocenters. The Labute approximate surface area is 529 Å². The zero-order valence-corrected chi connectivity index (χ0v) is 56.4. The summed E-state index contributed by atoms with van der Waals surface area (Å²) < 4.78 is 23.7. The number of unbranched alkanes of at least 4 members (excludes halogenated alkanes) is 19. The molecule has 0 aliphatic carbocycles. The summed E-state index contributed by atoms with van der Waals surface area (Å²) in [6.07, 6.45) is 105. The van der Waals surface area contributed by atoms with Gasteiger partial charge >= 0.3 is 7.82 Å². The Morgan fingerprint density at radius 1 is 0.407 bits per heavy atom. The van der Waals surface area contributed by atoms with Crippen molar-refractivity contribution in [3.05, 3.63) is 182 Å². The molecule has 86 heavy (non-hydrogen) atoms. The predicted molar refractivity (Wildman–Crippen MR) is 377 cm³/mol. The first-order chi connectivity index (χ1) is 42.0. The number of quaternary nitrogens is 1. The van der Waals surface area contributed by atoms with Gasteiger partial charge in [-0.1, -0.05) is 286 Å². The number of rotatable bonds is 60. The highest BCUT2D eigenvalue weighted by atomic mass is 31.2. The van der Waals surface area contributed by atoms with Crippen LogP contribution in [0.3, 0.4) is 0 Å². The largest absolute Gasteiger partial charge is 0.472 e. The van der Waals surface area contributed by atoms with Gasteiger partial charge in [-0.05, 0) is 135 Å². The summed E-state index contributed by atoms with van der Waals surface area (Å²) in [5.74, 6) is -0.222. The van der Waals surface area contributed by atoms with E-state index in [-0.39, 0.29) is 19.1 Å². The number of phosphoric ester groups is 1. The monoisotopic (exact) mass is 1210 g/mol. The van der Waals surface area contributed by atoms with Crippen molar-refractivity contribution in [1.82, 2.24) is 5.32 Å². The predicted octanol–water partition coefficient (Wildman–Crippen LogP) is 22.1. The van der Waals surface area contributed by atoms with Gasteiger partial charge in [0.05, 0.1) is 39.9 Å². The molecule has 1 amide bonds. The van der Waals surface area contributed by atoms with Crippen LogP contribution in [0.2, 0.25) is 0 Å². The fourth-order valence-electron chi connectivity index (χ4n) is 8.82. The SMILES string of the molecule is CC/C=C\C/C=C\C/C=C\C/C=C\C/C=C\C/C=C\C/C=C\C/C=C\C/C=C\C/C=C\C/C=C\C/C=C\CCCCCCC(=O)NC(COP(=O)(O)OCC[N+](C)(C)C)C(O)/C=C/CC/C=C/CC/C=C/CCCCCCCCCCCCCCC. The van der Waals surface area contributed by atoms with Crippen molar-refractivity contribution in [2.45, 2.75) is 257 Å². The van der Waals surface area contributed by atoms with Crippen LogP contribution in [-0.2, 0) is 18.4 Å². The van der Waals surface area contributed by atoms with Gasteiger partial charge in [0.2, 0.25) is 5.91 Å². The fraction of sp³-hybridized carbons (Fsp3) is 0.597. The maximum Gasteiger partial charge on any atom is 0.472 e. The first-order valence-electron chi connectivity index (χ1n) is 34.2. The van der Waals surface area contributed by atoms with Gasteiger partial charge in [-0.15, -0.1) is 0 Å². The number of aliphatic hydroxyl groups excluding tert-OH is 1. The molecule has 0 bridgehead atoms. The molecule has 486 valence electrons. The summed E-state index contributed by atoms with van der Waals surface area (Å²) in [4.78, 5) is 23.4. The maximum atomic E-state index is 13.0. The standard InChI is InChI=1S/C77H127N2O6P/c1-6-8-10-12-14-16-18-20-22-24-26-28-30-31-32-33-34-35-36-37-38-39-40-41-42-43-44-45-46-47-49-51-53-55-57-59-61-63-65-67-69-71-77(81)78-75(74-85-86(82,83)84-73-72-79(3,4)5)76(80)70-68-66-64-62-60-58-56-54-52-50-48-29-27-25-23-21-19-17-15-13-11-9-7-2/h8,10,14,16,20,22,26,28,31-32,34-35,37-38,40-41,43-44,46-47,51-54,57,59-60,62,68,70,75-76,80H,6-7,9,11-13,15,17-19,21,23-25,27,29-30,33,36,39,42,45,48-50,55-56,58,61,63-67,69,71-74H2,1-5H3,(H-,78,81,82,83)/p+1/b10-8-,16-14-,22-20-,28-26-,32-31-,35-34-,38-37-,41-40-,44-43-,47-46-,53-51-,54-52+,59-57-,62-60+,70-68+. The minimum absolute atomic E-state index is 0.0384. The summed E-state index contributed by atoms with van der Waals surface area (Å²) >= 11 is 0. The van der Waals surface area contributed by atoms with Crippen molar-refractivity contribution in [2.75, 3.05) is 40.9 Å². The van der Waals surface area contributed by atoms with Crippen molar-refractivity contribution in [1.29, 1.82) is 0 Å². The molecular weight excluding hydrogens is 1080 g/mol. The third-order valence-electron chi connectivity index (χ3n) is 14.1. The maximum absolute atomic E-state index is 13.0. The highest BCUT2D eigenvalue weighted by molar-refractivity contribution is 7.47. The van der Waals surface area contributed by atoms with Crippen molar-refractivity contribution < 1.29 is 32.9 Å². The van der Waals surface area contributed by atoms with Gasteiger partial charge < -0.3 is 19.8 Å². The summed E-state index contributed by atoms with van der Waals surface area (Å²) in [5.41, 5.74) is 0. The summed E-state index contributed by atoms with van der Waals surface area (Å²) in [7, 11) is 1.50. The van der Waals surface area contributed by atoms with Crippen LogP contribution in [0.1, 0.15) is 245 Å². The molecule has 3 N–H and O–H groups in total. The van der Waals surface area contributed by atoms with E-state index in [0.29, 0.717) is 17.4 Å². The number of hydrogen-bond donors (Lipinski definition) is 3. The second-order valence-electron chi connectivity index (χ2n) is 23.4. The van der Waals surface area contributed by atoms with E-state index < -0.39 is 20.0 Å². The molecule has 0 spiro atoms. The lowest BCUT2D eigenvalue weighted by Crippen LogP contribution is -2.45. The van der Waals surface area contributed by atoms with Crippen molar-refractivity contribution in [3.8, 4) is 0 Å². The minimum Gasteiger partial charge on any atom is -0.387 e. The summed E-state index contributed by atoms with van der Waals surface area (Å²) in [6.45, 7) is 4.64. The Hall–Kier alpha value is -4.40. The average Bonchev–Trinajstić information content (AvgIpc) is 3.70. The van der Waals surface area contributed by atoms with Crippen molar-refractivity contribution in [2.24, 2.45) is 0 Å². The van der Waals surface area contributed by atoms with Crippen LogP contribution < -0.4 is 5.32 Å². The molecule has 0 aliphatic heterocycles. The minimum atomic E-state index is -4.39. The highest BCUT2D eigenvalue weighted by Gasteiger charge is 2.27. The Morgan fingerprint density at radius 3 is 1.07 bits per heavy atom. The molecule has 3 unspecified atom stereocenters. The van der Waals surface area contributed by atoms with E-state index in [4.69, 9.17) is 9.05 Å². The number of aliphatic hydroxyl groups is 1. The third kappa shape index (κ3) is 67.1. The van der Waals surface area contributed by atoms with E-state index in [1.54, 1.807) is 6.08 Å². The van der Waals surface area contributed by atoms with Gasteiger partial charge in [0.25, 0.3) is 0 Å². The van der Waals surface area contributed by atoms with Gasteiger partial charge in [0.15, 0.2) is 0 Å². The number of hydrogen-bond acceptors (Lipinski definition) is 5. The first-order valence-corrected chi connectivity index (χ1v) is 35.7. The lowest BCUT2D eigenvalue weighted by molar-refractivity contribution is -0.870. The molecule has 8 nitrogen and oxygen atoms in total. The first kappa shape index (κ1) is 81.6. The molecule has 0 aromatic rings. The van der Waals surface area contributed by atoms with Crippen molar-refractivity contribution >= 4 is 13.7 Å². The Balaban J connectivity index is 4.28. The zero-order chi connectivity index (χ0) is 62.6. The molecular formula is C77H128N2O6P+. The molecule has 0 aromatic heterocycles. The van der Waals surface area contributed by atoms with Crippen LogP contribution in [0.15, 0.2) is 182 Å². The lowest BCUT2D eigenvalue weighted by Gasteiger charge is -2.25. The summed E-state index contributed by atoms with van der Waals surface area (Å²) in [5, 5.41) is 13.9. The van der Waals surface area contributed by atoms with Crippen molar-refractivity contribution in [3.63, 3.8) is 0 Å². The van der Waals surface area contributed by atoms with Gasteiger partial charge in [-0.3, -0.25) is 13.8 Å². The topological polar surface area (TPSA) is 105 Å². The molecule has 9 heteroatoms. The molecule has 0 rings (SSSR count). The van der Waals surface area contributed by atoms with Crippen LogP contribution in [0.5, 0.6) is 0 Å². The Kier molecular flexibility index (Phi) is 61.7. The molecule has 0 saturated carbocycles. The Morgan fingerprint density at radius 2 is 0.709 bits per heavy atom. The molecule has 0 heterocycles. The second-order valence-corrected chi connectivity index (χ2v) is 24.9. The lowest BCUT2D eigenvalue weighted by atomic mass is 10.0. The molecule has 0 saturated heterocycles.